The highest BCUT2D eigenvalue weighted by atomic mass is 32.2. The van der Waals surface area contributed by atoms with Crippen molar-refractivity contribution in [3.8, 4) is 0 Å². The number of aromatic nitrogens is 3. The summed E-state index contributed by atoms with van der Waals surface area (Å²) in [5, 5.41) is 10.1. The molecule has 0 saturated carbocycles. The molecule has 2 N–H and O–H groups in total. The van der Waals surface area contributed by atoms with Gasteiger partial charge in [0, 0.05) is 19.8 Å². The molecule has 0 atom stereocenters. The van der Waals surface area contributed by atoms with Crippen LogP contribution in [0, 0.1) is 20.8 Å². The number of aromatic amines is 1. The standard InChI is InChI=1S/C21H25N5O4S2/c1-13-10-17(32(28,29)26(4)5)11-18(15(13)3)22-20(27)12-31-21-23-19(24-25-21)9-8-16-7-6-14(2)30-16/h6-11H,12H2,1-5H3,(H,22,27)(H,23,24,25)/b9-8+. The molecule has 0 aliphatic rings. The molecule has 3 rings (SSSR count). The van der Waals surface area contributed by atoms with Crippen molar-refractivity contribution < 1.29 is 17.6 Å². The van der Waals surface area contributed by atoms with E-state index in [1.165, 1.54) is 31.9 Å². The summed E-state index contributed by atoms with van der Waals surface area (Å²) < 4.78 is 31.5. The van der Waals surface area contributed by atoms with E-state index in [0.29, 0.717) is 22.4 Å². The summed E-state index contributed by atoms with van der Waals surface area (Å²) in [6.45, 7) is 5.51. The molecule has 1 amide bonds. The maximum absolute atomic E-state index is 12.5. The summed E-state index contributed by atoms with van der Waals surface area (Å²) in [7, 11) is -0.676. The zero-order valence-corrected chi connectivity index (χ0v) is 20.1. The molecule has 2 heterocycles. The molecular weight excluding hydrogens is 450 g/mol. The first-order valence-corrected chi connectivity index (χ1v) is 12.1. The first-order valence-electron chi connectivity index (χ1n) is 9.69. The lowest BCUT2D eigenvalue weighted by Crippen LogP contribution is -2.23. The van der Waals surface area contributed by atoms with E-state index in [-0.39, 0.29) is 16.6 Å². The Balaban J connectivity index is 1.64. The van der Waals surface area contributed by atoms with Gasteiger partial charge in [0.2, 0.25) is 21.1 Å². The number of amides is 1. The number of nitrogens with zero attached hydrogens (tertiary/aromatic N) is 3. The Hall–Kier alpha value is -2.89. The minimum atomic E-state index is -3.61. The average molecular weight is 476 g/mol. The van der Waals surface area contributed by atoms with Gasteiger partial charge in [-0.25, -0.2) is 17.7 Å². The predicted octanol–water partition coefficient (Wildman–Crippen LogP) is 3.47. The Morgan fingerprint density at radius 1 is 1.22 bits per heavy atom. The quantitative estimate of drug-likeness (QED) is 0.478. The minimum absolute atomic E-state index is 0.0710. The fourth-order valence-corrected chi connectivity index (χ4v) is 4.35. The van der Waals surface area contributed by atoms with Crippen LogP contribution in [-0.4, -0.2) is 53.7 Å². The molecule has 3 aromatic rings. The molecule has 1 aromatic carbocycles. The molecule has 0 saturated heterocycles. The van der Waals surface area contributed by atoms with Crippen LogP contribution in [0.2, 0.25) is 0 Å². The summed E-state index contributed by atoms with van der Waals surface area (Å²) in [5.41, 5.74) is 2.04. The number of rotatable bonds is 8. The summed E-state index contributed by atoms with van der Waals surface area (Å²) in [6.07, 6.45) is 3.51. The van der Waals surface area contributed by atoms with Crippen molar-refractivity contribution in [2.24, 2.45) is 0 Å². The minimum Gasteiger partial charge on any atom is -0.462 e. The molecule has 0 aliphatic carbocycles. The molecule has 32 heavy (non-hydrogen) atoms. The van der Waals surface area contributed by atoms with E-state index in [1.54, 1.807) is 25.1 Å². The number of aryl methyl sites for hydroxylation is 2. The third kappa shape index (κ3) is 5.67. The Morgan fingerprint density at radius 3 is 2.62 bits per heavy atom. The van der Waals surface area contributed by atoms with Crippen molar-refractivity contribution >= 4 is 45.5 Å². The lowest BCUT2D eigenvalue weighted by atomic mass is 10.1. The Labute approximate surface area is 191 Å². The van der Waals surface area contributed by atoms with Crippen molar-refractivity contribution in [2.75, 3.05) is 25.2 Å². The third-order valence-electron chi connectivity index (χ3n) is 4.67. The Morgan fingerprint density at radius 2 is 1.97 bits per heavy atom. The number of nitrogens with one attached hydrogen (secondary N) is 2. The summed E-state index contributed by atoms with van der Waals surface area (Å²) in [4.78, 5) is 16.9. The van der Waals surface area contributed by atoms with Crippen LogP contribution < -0.4 is 5.32 Å². The fraction of sp³-hybridized carbons (Fsp3) is 0.286. The first kappa shape index (κ1) is 23.8. The van der Waals surface area contributed by atoms with Crippen molar-refractivity contribution in [1.29, 1.82) is 0 Å². The highest BCUT2D eigenvalue weighted by Crippen LogP contribution is 2.26. The molecule has 170 valence electrons. The van der Waals surface area contributed by atoms with E-state index in [2.05, 4.69) is 20.5 Å². The van der Waals surface area contributed by atoms with Gasteiger partial charge in [-0.05, 0) is 68.3 Å². The molecule has 0 fully saturated rings. The number of hydrogen-bond acceptors (Lipinski definition) is 7. The zero-order valence-electron chi connectivity index (χ0n) is 18.5. The van der Waals surface area contributed by atoms with E-state index in [1.807, 2.05) is 26.0 Å². The normalized spacial score (nSPS) is 12.1. The maximum atomic E-state index is 12.5. The van der Waals surface area contributed by atoms with Gasteiger partial charge in [0.05, 0.1) is 10.6 Å². The number of sulfonamides is 1. The van der Waals surface area contributed by atoms with Gasteiger partial charge in [0.25, 0.3) is 0 Å². The van der Waals surface area contributed by atoms with Crippen molar-refractivity contribution in [3.05, 3.63) is 52.7 Å². The van der Waals surface area contributed by atoms with Crippen molar-refractivity contribution in [3.63, 3.8) is 0 Å². The predicted molar refractivity (Wildman–Crippen MR) is 125 cm³/mol. The highest BCUT2D eigenvalue weighted by Gasteiger charge is 2.20. The van der Waals surface area contributed by atoms with Crippen LogP contribution in [0.1, 0.15) is 28.5 Å². The summed E-state index contributed by atoms with van der Waals surface area (Å²) >= 11 is 1.17. The van der Waals surface area contributed by atoms with Crippen molar-refractivity contribution in [2.45, 2.75) is 30.8 Å². The maximum Gasteiger partial charge on any atom is 0.242 e. The topological polar surface area (TPSA) is 121 Å². The highest BCUT2D eigenvalue weighted by molar-refractivity contribution is 7.99. The van der Waals surface area contributed by atoms with Gasteiger partial charge in [-0.1, -0.05) is 11.8 Å². The van der Waals surface area contributed by atoms with Gasteiger partial charge in [0.15, 0.2) is 0 Å². The fourth-order valence-electron chi connectivity index (χ4n) is 2.73. The molecule has 0 spiro atoms. The van der Waals surface area contributed by atoms with Gasteiger partial charge < -0.3 is 9.73 Å². The zero-order chi connectivity index (χ0) is 23.5. The van der Waals surface area contributed by atoms with Gasteiger partial charge in [-0.15, -0.1) is 5.10 Å². The number of benzene rings is 1. The molecule has 9 nitrogen and oxygen atoms in total. The van der Waals surface area contributed by atoms with Gasteiger partial charge in [-0.3, -0.25) is 9.89 Å². The largest absolute Gasteiger partial charge is 0.462 e. The number of furan rings is 1. The van der Waals surface area contributed by atoms with Crippen LogP contribution in [-0.2, 0) is 14.8 Å². The number of thioether (sulfide) groups is 1. The second-order valence-electron chi connectivity index (χ2n) is 7.32. The second kappa shape index (κ2) is 9.72. The van der Waals surface area contributed by atoms with E-state index in [4.69, 9.17) is 4.42 Å². The first-order chi connectivity index (χ1) is 15.1. The van der Waals surface area contributed by atoms with Crippen LogP contribution in [0.15, 0.2) is 38.7 Å². The summed E-state index contributed by atoms with van der Waals surface area (Å²) in [6, 6.07) is 6.80. The van der Waals surface area contributed by atoms with E-state index in [9.17, 15) is 13.2 Å². The molecular formula is C21H25N5O4S2. The number of H-pyrrole nitrogens is 1. The average Bonchev–Trinajstić information content (AvgIpc) is 3.36. The molecule has 0 unspecified atom stereocenters. The van der Waals surface area contributed by atoms with Gasteiger partial charge in [0.1, 0.15) is 17.3 Å². The third-order valence-corrected chi connectivity index (χ3v) is 7.31. The van der Waals surface area contributed by atoms with Gasteiger partial charge in [-0.2, -0.15) is 0 Å². The lowest BCUT2D eigenvalue weighted by Gasteiger charge is -2.16. The molecule has 2 aromatic heterocycles. The molecule has 0 bridgehead atoms. The van der Waals surface area contributed by atoms with E-state index in [0.717, 1.165) is 21.2 Å². The van der Waals surface area contributed by atoms with Crippen LogP contribution >= 0.6 is 11.8 Å². The van der Waals surface area contributed by atoms with Crippen LogP contribution in [0.3, 0.4) is 0 Å². The van der Waals surface area contributed by atoms with E-state index >= 15 is 0 Å². The second-order valence-corrected chi connectivity index (χ2v) is 10.4. The SMILES string of the molecule is Cc1ccc(/C=C/c2nc(SCC(=O)Nc3cc(S(=O)(=O)N(C)C)cc(C)c3C)n[nH]2)o1. The van der Waals surface area contributed by atoms with Crippen LogP contribution in [0.4, 0.5) is 5.69 Å². The molecule has 0 aliphatic heterocycles. The smallest absolute Gasteiger partial charge is 0.242 e. The molecule has 11 heteroatoms. The Bertz CT molecular complexity index is 1260. The Kier molecular flexibility index (Phi) is 7.22. The van der Waals surface area contributed by atoms with Crippen LogP contribution in [0.5, 0.6) is 0 Å². The van der Waals surface area contributed by atoms with Crippen LogP contribution in [0.25, 0.3) is 12.2 Å². The summed E-state index contributed by atoms with van der Waals surface area (Å²) in [5.74, 6) is 1.85. The molecule has 0 radical (unpaired) electrons. The number of carbonyl (C=O) groups is 1. The number of carbonyl (C=O) groups excluding carboxylic acids is 1. The number of hydrogen-bond donors (Lipinski definition) is 2. The van der Waals surface area contributed by atoms with Gasteiger partial charge >= 0.3 is 0 Å². The monoisotopic (exact) mass is 475 g/mol. The number of anilines is 1. The van der Waals surface area contributed by atoms with E-state index < -0.39 is 10.0 Å². The van der Waals surface area contributed by atoms with Crippen molar-refractivity contribution in [1.82, 2.24) is 19.5 Å². The lowest BCUT2D eigenvalue weighted by molar-refractivity contribution is -0.113.